The number of hydrogen-bond donors (Lipinski definition) is 0. The van der Waals surface area contributed by atoms with Gasteiger partial charge in [-0.2, -0.15) is 0 Å². The molecule has 0 N–H and O–H groups in total. The molecular weight excluding hydrogens is 180 g/mol. The molecule has 0 amide bonds. The van der Waals surface area contributed by atoms with Crippen molar-refractivity contribution < 1.29 is 0 Å². The highest BCUT2D eigenvalue weighted by Gasteiger charge is 1.80. The highest BCUT2D eigenvalue weighted by molar-refractivity contribution is 4.35. The fraction of sp³-hybridized carbons (Fsp3) is 1.00. The van der Waals surface area contributed by atoms with Crippen LogP contribution in [0.3, 0.4) is 0 Å². The van der Waals surface area contributed by atoms with Crippen LogP contribution in [0.5, 0.6) is 0 Å². The van der Waals surface area contributed by atoms with Gasteiger partial charge in [0.15, 0.2) is 0 Å². The maximum atomic E-state index is 2.25. The SMILES string of the molecule is C.C.C.CCCCC.CCCCCCC. The van der Waals surface area contributed by atoms with Crippen LogP contribution in [-0.2, 0) is 0 Å². The maximum Gasteiger partial charge on any atom is -0.0533 e. The second-order valence-corrected chi connectivity index (χ2v) is 3.41. The normalized spacial score (nSPS) is 7.20. The van der Waals surface area contributed by atoms with Crippen LogP contribution >= 0.6 is 0 Å². The van der Waals surface area contributed by atoms with Crippen LogP contribution < -0.4 is 0 Å². The van der Waals surface area contributed by atoms with Gasteiger partial charge in [-0.15, -0.1) is 0 Å². The molecule has 0 fully saturated rings. The van der Waals surface area contributed by atoms with Crippen molar-refractivity contribution in [1.29, 1.82) is 0 Å². The van der Waals surface area contributed by atoms with Crippen LogP contribution in [0, 0.1) is 0 Å². The Balaban J connectivity index is -0.0000000383. The Morgan fingerprint density at radius 2 is 0.667 bits per heavy atom. The third-order valence-corrected chi connectivity index (χ3v) is 1.91. The summed E-state index contributed by atoms with van der Waals surface area (Å²) in [5.74, 6) is 0. The van der Waals surface area contributed by atoms with Gasteiger partial charge in [0.1, 0.15) is 0 Å². The van der Waals surface area contributed by atoms with Gasteiger partial charge in [-0.25, -0.2) is 0 Å². The Morgan fingerprint density at radius 1 is 0.400 bits per heavy atom. The van der Waals surface area contributed by atoms with Gasteiger partial charge in [-0.1, -0.05) is 101 Å². The second kappa shape index (κ2) is 37.0. The zero-order valence-corrected chi connectivity index (χ0v) is 9.66. The van der Waals surface area contributed by atoms with Crippen molar-refractivity contribution in [3.8, 4) is 0 Å². The lowest BCUT2D eigenvalue weighted by molar-refractivity contribution is 0.656. The summed E-state index contributed by atoms with van der Waals surface area (Å²) in [6, 6.07) is 0. The minimum absolute atomic E-state index is 0. The number of unbranched alkanes of at least 4 members (excludes halogenated alkanes) is 6. The maximum absolute atomic E-state index is 2.25. The second-order valence-electron chi connectivity index (χ2n) is 3.41. The highest BCUT2D eigenvalue weighted by Crippen LogP contribution is 2.00. The minimum atomic E-state index is 0. The van der Waals surface area contributed by atoms with E-state index in [0.29, 0.717) is 0 Å². The summed E-state index contributed by atoms with van der Waals surface area (Å²) in [6.45, 7) is 8.91. The van der Waals surface area contributed by atoms with E-state index < -0.39 is 0 Å². The van der Waals surface area contributed by atoms with Gasteiger partial charge in [0.2, 0.25) is 0 Å². The quantitative estimate of drug-likeness (QED) is 0.419. The van der Waals surface area contributed by atoms with Gasteiger partial charge < -0.3 is 0 Å². The molecule has 0 aliphatic carbocycles. The number of hydrogen-bond acceptors (Lipinski definition) is 0. The summed E-state index contributed by atoms with van der Waals surface area (Å²) < 4.78 is 0. The zero-order chi connectivity index (χ0) is 9.66. The van der Waals surface area contributed by atoms with Crippen molar-refractivity contribution in [3.05, 3.63) is 0 Å². The van der Waals surface area contributed by atoms with Crippen molar-refractivity contribution in [2.45, 2.75) is 101 Å². The third kappa shape index (κ3) is 56.0. The molecule has 15 heavy (non-hydrogen) atoms. The molecular formula is C15H40. The van der Waals surface area contributed by atoms with E-state index in [0.717, 1.165) is 0 Å². The number of rotatable bonds is 6. The van der Waals surface area contributed by atoms with Gasteiger partial charge in [-0.05, 0) is 0 Å². The lowest BCUT2D eigenvalue weighted by atomic mass is 10.2. The molecule has 0 aliphatic rings. The third-order valence-electron chi connectivity index (χ3n) is 1.91. The topological polar surface area (TPSA) is 0 Å². The van der Waals surface area contributed by atoms with E-state index >= 15 is 0 Å². The average Bonchev–Trinajstić information content (AvgIpc) is 2.08. The van der Waals surface area contributed by atoms with Crippen LogP contribution in [0.1, 0.15) is 101 Å². The largest absolute Gasteiger partial charge is 0.0776 e. The van der Waals surface area contributed by atoms with Gasteiger partial charge in [0.05, 0.1) is 0 Å². The first kappa shape index (κ1) is 29.4. The molecule has 0 heteroatoms. The van der Waals surface area contributed by atoms with Gasteiger partial charge in [0.25, 0.3) is 0 Å². The molecule has 0 heterocycles. The molecule has 0 rings (SSSR count). The Morgan fingerprint density at radius 3 is 0.800 bits per heavy atom. The Labute approximate surface area is 102 Å². The van der Waals surface area contributed by atoms with E-state index in [9.17, 15) is 0 Å². The molecule has 0 saturated heterocycles. The van der Waals surface area contributed by atoms with Crippen LogP contribution in [0.25, 0.3) is 0 Å². The molecule has 0 unspecified atom stereocenters. The van der Waals surface area contributed by atoms with Crippen molar-refractivity contribution in [2.75, 3.05) is 0 Å². The zero-order valence-electron chi connectivity index (χ0n) is 9.66. The van der Waals surface area contributed by atoms with E-state index in [4.69, 9.17) is 0 Å². The standard InChI is InChI=1S/C7H16.C5H12.3CH4/c1-3-5-7-6-4-2;1-3-5-4-2;;;/h3-7H2,1-2H3;3-5H2,1-2H3;3*1H4. The molecule has 0 radical (unpaired) electrons. The van der Waals surface area contributed by atoms with Crippen LogP contribution in [-0.4, -0.2) is 0 Å². The molecule has 0 saturated carbocycles. The molecule has 100 valence electrons. The lowest BCUT2D eigenvalue weighted by Gasteiger charge is -1.90. The Bertz CT molecular complexity index is 42.0. The smallest absolute Gasteiger partial charge is 0.0533 e. The highest BCUT2D eigenvalue weighted by atomic mass is 13.9. The fourth-order valence-corrected chi connectivity index (χ4v) is 1.03. The molecule has 0 spiro atoms. The molecule has 0 atom stereocenters. The van der Waals surface area contributed by atoms with E-state index in [2.05, 4.69) is 27.7 Å². The summed E-state index contributed by atoms with van der Waals surface area (Å²) in [5.41, 5.74) is 0. The van der Waals surface area contributed by atoms with E-state index in [1.54, 1.807) is 0 Å². The van der Waals surface area contributed by atoms with E-state index in [1.165, 1.54) is 51.4 Å². The van der Waals surface area contributed by atoms with Gasteiger partial charge >= 0.3 is 0 Å². The van der Waals surface area contributed by atoms with Gasteiger partial charge in [0, 0.05) is 0 Å². The summed E-state index contributed by atoms with van der Waals surface area (Å²) >= 11 is 0. The first-order valence-electron chi connectivity index (χ1n) is 5.83. The minimum Gasteiger partial charge on any atom is -0.0776 e. The van der Waals surface area contributed by atoms with E-state index in [-0.39, 0.29) is 22.3 Å². The summed E-state index contributed by atoms with van der Waals surface area (Å²) in [6.07, 6.45) is 11.1. The monoisotopic (exact) mass is 220 g/mol. The van der Waals surface area contributed by atoms with Crippen LogP contribution in [0.2, 0.25) is 0 Å². The van der Waals surface area contributed by atoms with Crippen molar-refractivity contribution in [2.24, 2.45) is 0 Å². The Kier molecular flexibility index (Phi) is 72.5. The average molecular weight is 220 g/mol. The molecule has 0 nitrogen and oxygen atoms in total. The van der Waals surface area contributed by atoms with E-state index in [1.807, 2.05) is 0 Å². The fourth-order valence-electron chi connectivity index (χ4n) is 1.03. The van der Waals surface area contributed by atoms with Crippen molar-refractivity contribution in [1.82, 2.24) is 0 Å². The summed E-state index contributed by atoms with van der Waals surface area (Å²) in [7, 11) is 0. The van der Waals surface area contributed by atoms with Gasteiger partial charge in [-0.3, -0.25) is 0 Å². The lowest BCUT2D eigenvalue weighted by Crippen LogP contribution is -1.70. The molecule has 0 aromatic rings. The predicted molar refractivity (Wildman–Crippen MR) is 79.8 cm³/mol. The molecule has 0 aromatic carbocycles. The first-order chi connectivity index (χ1) is 5.83. The summed E-state index contributed by atoms with van der Waals surface area (Å²) in [5, 5.41) is 0. The Hall–Kier alpha value is 0. The predicted octanol–water partition coefficient (Wildman–Crippen LogP) is 7.08. The molecule has 0 aromatic heterocycles. The van der Waals surface area contributed by atoms with Crippen molar-refractivity contribution in [3.63, 3.8) is 0 Å². The molecule has 0 aliphatic heterocycles. The first-order valence-corrected chi connectivity index (χ1v) is 5.83. The summed E-state index contributed by atoms with van der Waals surface area (Å²) in [4.78, 5) is 0. The van der Waals surface area contributed by atoms with Crippen LogP contribution in [0.15, 0.2) is 0 Å². The van der Waals surface area contributed by atoms with Crippen molar-refractivity contribution >= 4 is 0 Å². The van der Waals surface area contributed by atoms with Crippen LogP contribution in [0.4, 0.5) is 0 Å². The molecule has 0 bridgehead atoms.